The number of aromatic amines is 1. The van der Waals surface area contributed by atoms with Crippen molar-refractivity contribution < 1.29 is 8.78 Å². The van der Waals surface area contributed by atoms with Crippen LogP contribution < -0.4 is 5.73 Å². The van der Waals surface area contributed by atoms with Gasteiger partial charge in [-0.1, -0.05) is 0 Å². The number of halogens is 3. The first kappa shape index (κ1) is 9.08. The second-order valence-corrected chi connectivity index (χ2v) is 4.11. The van der Waals surface area contributed by atoms with Crippen molar-refractivity contribution in [3.05, 3.63) is 16.4 Å². The van der Waals surface area contributed by atoms with Crippen molar-refractivity contribution in [3.8, 4) is 0 Å². The Morgan fingerprint density at radius 2 is 2.31 bits per heavy atom. The molecular weight excluding hydrogens is 244 g/mol. The fraction of sp³-hybridized carbons (Fsp3) is 0.571. The number of rotatable bonds is 2. The van der Waals surface area contributed by atoms with Crippen molar-refractivity contribution in [1.29, 1.82) is 0 Å². The summed E-state index contributed by atoms with van der Waals surface area (Å²) in [6.45, 7) is -0.0687. The summed E-state index contributed by atoms with van der Waals surface area (Å²) >= 11 is 3.15. The van der Waals surface area contributed by atoms with Crippen LogP contribution in [0.4, 0.5) is 8.78 Å². The Bertz CT molecular complexity index is 338. The molecule has 0 aromatic carbocycles. The summed E-state index contributed by atoms with van der Waals surface area (Å²) in [4.78, 5) is 0. The minimum Gasteiger partial charge on any atom is -0.329 e. The topological polar surface area (TPSA) is 54.7 Å². The first-order valence-electron chi connectivity index (χ1n) is 3.81. The maximum absolute atomic E-state index is 13.0. The monoisotopic (exact) mass is 251 g/mol. The minimum atomic E-state index is -2.70. The van der Waals surface area contributed by atoms with E-state index >= 15 is 0 Å². The van der Waals surface area contributed by atoms with Gasteiger partial charge in [0.1, 0.15) is 0 Å². The molecule has 1 saturated carbocycles. The molecule has 1 aliphatic carbocycles. The Labute approximate surface area is 81.8 Å². The number of aromatic nitrogens is 2. The van der Waals surface area contributed by atoms with Gasteiger partial charge in [-0.05, 0) is 15.9 Å². The molecule has 3 nitrogen and oxygen atoms in total. The van der Waals surface area contributed by atoms with Crippen LogP contribution in [0.5, 0.6) is 0 Å². The van der Waals surface area contributed by atoms with Gasteiger partial charge in [-0.25, -0.2) is 8.78 Å². The normalized spacial score (nSPS) is 30.5. The van der Waals surface area contributed by atoms with E-state index in [2.05, 4.69) is 26.1 Å². The maximum atomic E-state index is 13.0. The average molecular weight is 252 g/mol. The van der Waals surface area contributed by atoms with Crippen LogP contribution in [0.2, 0.25) is 0 Å². The maximum Gasteiger partial charge on any atom is 0.261 e. The van der Waals surface area contributed by atoms with Crippen molar-refractivity contribution in [2.75, 3.05) is 6.54 Å². The molecule has 3 N–H and O–H groups in total. The van der Waals surface area contributed by atoms with E-state index in [0.717, 1.165) is 0 Å². The number of hydrogen-bond donors (Lipinski definition) is 2. The zero-order valence-corrected chi connectivity index (χ0v) is 8.24. The number of nitrogens with zero attached hydrogens (tertiary/aromatic N) is 1. The molecule has 0 bridgehead atoms. The predicted molar refractivity (Wildman–Crippen MR) is 46.6 cm³/mol. The van der Waals surface area contributed by atoms with E-state index in [-0.39, 0.29) is 13.0 Å². The Hall–Kier alpha value is -0.490. The van der Waals surface area contributed by atoms with Gasteiger partial charge in [0, 0.05) is 13.0 Å². The zero-order chi connectivity index (χ0) is 9.69. The van der Waals surface area contributed by atoms with Gasteiger partial charge in [0.15, 0.2) is 0 Å². The molecule has 1 aromatic rings. The lowest BCUT2D eigenvalue weighted by Gasteiger charge is -2.11. The quantitative estimate of drug-likeness (QED) is 0.836. The standard InChI is InChI=1S/C7H8BrF2N3/c8-4-1-12-13-5(4)6(3-11)2-7(6,9)10/h1H,2-3,11H2,(H,12,13). The molecule has 6 heteroatoms. The lowest BCUT2D eigenvalue weighted by molar-refractivity contribution is 0.0884. The van der Waals surface area contributed by atoms with Gasteiger partial charge in [0.05, 0.1) is 21.8 Å². The highest BCUT2D eigenvalue weighted by atomic mass is 79.9. The number of nitrogens with two attached hydrogens (primary N) is 1. The second-order valence-electron chi connectivity index (χ2n) is 3.26. The molecule has 1 atom stereocenters. The lowest BCUT2D eigenvalue weighted by atomic mass is 10.0. The molecule has 13 heavy (non-hydrogen) atoms. The molecule has 2 rings (SSSR count). The van der Waals surface area contributed by atoms with E-state index in [1.54, 1.807) is 0 Å². The Morgan fingerprint density at radius 1 is 1.69 bits per heavy atom. The average Bonchev–Trinajstić information content (AvgIpc) is 2.43. The fourth-order valence-electron chi connectivity index (χ4n) is 1.54. The number of alkyl halides is 2. The molecule has 1 unspecified atom stereocenters. The third kappa shape index (κ3) is 1.05. The SMILES string of the molecule is NCC1(c2[nH]ncc2Br)CC1(F)F. The molecule has 0 saturated heterocycles. The summed E-state index contributed by atoms with van der Waals surface area (Å²) in [6.07, 6.45) is 1.26. The first-order valence-corrected chi connectivity index (χ1v) is 4.60. The third-order valence-corrected chi connectivity index (χ3v) is 3.12. The van der Waals surface area contributed by atoms with Crippen LogP contribution in [-0.4, -0.2) is 22.7 Å². The number of H-pyrrole nitrogens is 1. The summed E-state index contributed by atoms with van der Waals surface area (Å²) in [6, 6.07) is 0. The molecule has 0 spiro atoms. The Morgan fingerprint density at radius 3 is 2.62 bits per heavy atom. The highest BCUT2D eigenvalue weighted by molar-refractivity contribution is 9.10. The van der Waals surface area contributed by atoms with Crippen LogP contribution in [-0.2, 0) is 5.41 Å². The van der Waals surface area contributed by atoms with Gasteiger partial charge in [-0.3, -0.25) is 5.10 Å². The Kier molecular flexibility index (Phi) is 1.75. The van der Waals surface area contributed by atoms with E-state index in [1.807, 2.05) is 0 Å². The van der Waals surface area contributed by atoms with Gasteiger partial charge in [0.25, 0.3) is 5.92 Å². The van der Waals surface area contributed by atoms with Crippen LogP contribution in [0, 0.1) is 0 Å². The van der Waals surface area contributed by atoms with Gasteiger partial charge in [0.2, 0.25) is 0 Å². The van der Waals surface area contributed by atoms with Crippen LogP contribution in [0.25, 0.3) is 0 Å². The fourth-order valence-corrected chi connectivity index (χ4v) is 2.11. The molecule has 1 heterocycles. The van der Waals surface area contributed by atoms with Crippen LogP contribution >= 0.6 is 15.9 Å². The van der Waals surface area contributed by atoms with E-state index in [1.165, 1.54) is 6.20 Å². The summed E-state index contributed by atoms with van der Waals surface area (Å²) < 4.78 is 26.7. The van der Waals surface area contributed by atoms with E-state index < -0.39 is 11.3 Å². The molecular formula is C7H8BrF2N3. The molecule has 0 radical (unpaired) electrons. The molecule has 0 aliphatic heterocycles. The molecule has 1 fully saturated rings. The van der Waals surface area contributed by atoms with Crippen molar-refractivity contribution in [3.63, 3.8) is 0 Å². The van der Waals surface area contributed by atoms with Crippen molar-refractivity contribution in [2.45, 2.75) is 17.8 Å². The van der Waals surface area contributed by atoms with E-state index in [4.69, 9.17) is 5.73 Å². The van der Waals surface area contributed by atoms with Gasteiger partial charge >= 0.3 is 0 Å². The predicted octanol–water partition coefficient (Wildman–Crippen LogP) is 1.41. The smallest absolute Gasteiger partial charge is 0.261 e. The first-order chi connectivity index (χ1) is 6.03. The minimum absolute atomic E-state index is 0.0687. The highest BCUT2D eigenvalue weighted by Crippen LogP contribution is 2.61. The largest absolute Gasteiger partial charge is 0.329 e. The summed E-state index contributed by atoms with van der Waals surface area (Å²) in [7, 11) is 0. The third-order valence-electron chi connectivity index (χ3n) is 2.52. The van der Waals surface area contributed by atoms with Crippen LogP contribution in [0.1, 0.15) is 12.1 Å². The lowest BCUT2D eigenvalue weighted by Crippen LogP contribution is -2.27. The number of nitrogens with one attached hydrogen (secondary N) is 1. The van der Waals surface area contributed by atoms with Crippen LogP contribution in [0.3, 0.4) is 0 Å². The highest BCUT2D eigenvalue weighted by Gasteiger charge is 2.72. The molecule has 1 aliphatic rings. The molecule has 1 aromatic heterocycles. The van der Waals surface area contributed by atoms with Crippen molar-refractivity contribution in [2.24, 2.45) is 5.73 Å². The van der Waals surface area contributed by atoms with Gasteiger partial charge in [-0.2, -0.15) is 5.10 Å². The van der Waals surface area contributed by atoms with Gasteiger partial charge < -0.3 is 5.73 Å². The number of hydrogen-bond acceptors (Lipinski definition) is 2. The summed E-state index contributed by atoms with van der Waals surface area (Å²) in [5.41, 5.74) is 4.54. The van der Waals surface area contributed by atoms with Crippen molar-refractivity contribution >= 4 is 15.9 Å². The molecule has 0 amide bonds. The summed E-state index contributed by atoms with van der Waals surface area (Å²) in [5.74, 6) is -2.70. The van der Waals surface area contributed by atoms with E-state index in [9.17, 15) is 8.78 Å². The van der Waals surface area contributed by atoms with E-state index in [0.29, 0.717) is 10.2 Å². The van der Waals surface area contributed by atoms with Crippen molar-refractivity contribution in [1.82, 2.24) is 10.2 Å². The van der Waals surface area contributed by atoms with Crippen LogP contribution in [0.15, 0.2) is 10.7 Å². The summed E-state index contributed by atoms with van der Waals surface area (Å²) in [5, 5.41) is 6.24. The Balaban J connectivity index is 2.41. The zero-order valence-electron chi connectivity index (χ0n) is 6.65. The van der Waals surface area contributed by atoms with Gasteiger partial charge in [-0.15, -0.1) is 0 Å². The second kappa shape index (κ2) is 2.51. The molecule has 72 valence electrons.